The van der Waals surface area contributed by atoms with Gasteiger partial charge >= 0.3 is 0 Å². The van der Waals surface area contributed by atoms with Crippen molar-refractivity contribution in [3.8, 4) is 0 Å². The van der Waals surface area contributed by atoms with Gasteiger partial charge in [-0.15, -0.1) is 11.3 Å². The molecule has 2 rings (SSSR count). The van der Waals surface area contributed by atoms with Crippen LogP contribution < -0.4 is 5.32 Å². The van der Waals surface area contributed by atoms with Crippen molar-refractivity contribution in [3.05, 3.63) is 20.8 Å². The van der Waals surface area contributed by atoms with Gasteiger partial charge in [0.2, 0.25) is 0 Å². The Bertz CT molecular complexity index is 376. The fourth-order valence-electron chi connectivity index (χ4n) is 2.94. The summed E-state index contributed by atoms with van der Waals surface area (Å²) in [6, 6.07) is 3.01. The molecular weight excluding hydrogens is 294 g/mol. The molecule has 0 amide bonds. The summed E-state index contributed by atoms with van der Waals surface area (Å²) in [6.07, 6.45) is 3.79. The van der Waals surface area contributed by atoms with E-state index in [0.29, 0.717) is 11.5 Å². The minimum absolute atomic E-state index is 0.444. The molecule has 96 valence electrons. The van der Waals surface area contributed by atoms with E-state index < -0.39 is 0 Å². The second-order valence-electron chi connectivity index (χ2n) is 5.32. The molecule has 1 aromatic rings. The molecule has 1 aromatic heterocycles. The zero-order chi connectivity index (χ0) is 12.5. The Hall–Kier alpha value is 0.140. The van der Waals surface area contributed by atoms with Crippen molar-refractivity contribution >= 4 is 27.3 Å². The van der Waals surface area contributed by atoms with Crippen LogP contribution in [0.2, 0.25) is 0 Å². The van der Waals surface area contributed by atoms with E-state index in [4.69, 9.17) is 0 Å². The smallest absolute Gasteiger partial charge is 0.0285 e. The van der Waals surface area contributed by atoms with E-state index >= 15 is 0 Å². The molecule has 1 nitrogen and oxygen atoms in total. The summed E-state index contributed by atoms with van der Waals surface area (Å²) < 4.78 is 1.24. The highest BCUT2D eigenvalue weighted by Crippen LogP contribution is 2.56. The third-order valence-corrected chi connectivity index (χ3v) is 6.20. The molecule has 0 aromatic carbocycles. The summed E-state index contributed by atoms with van der Waals surface area (Å²) in [6.45, 7) is 8.17. The standard InChI is InChI=1S/C14H22BrNS/c1-4-6-16-13-8-11(14(13,3)5-2)12-7-10(15)9-17-12/h7,9,11,13,16H,4-6,8H2,1-3H3. The maximum absolute atomic E-state index is 3.71. The summed E-state index contributed by atoms with van der Waals surface area (Å²) in [5.74, 6) is 0.748. The molecule has 0 aliphatic heterocycles. The van der Waals surface area contributed by atoms with Crippen molar-refractivity contribution in [2.45, 2.75) is 52.0 Å². The zero-order valence-corrected chi connectivity index (χ0v) is 13.3. The largest absolute Gasteiger partial charge is 0.313 e. The van der Waals surface area contributed by atoms with Crippen molar-refractivity contribution < 1.29 is 0 Å². The van der Waals surface area contributed by atoms with Crippen LogP contribution in [0.3, 0.4) is 0 Å². The van der Waals surface area contributed by atoms with Crippen LogP contribution in [-0.2, 0) is 0 Å². The summed E-state index contributed by atoms with van der Waals surface area (Å²) in [7, 11) is 0. The molecule has 17 heavy (non-hydrogen) atoms. The molecule has 1 aliphatic carbocycles. The lowest BCUT2D eigenvalue weighted by atomic mass is 9.55. The average molecular weight is 316 g/mol. The van der Waals surface area contributed by atoms with Gasteiger partial charge in [-0.1, -0.05) is 20.8 Å². The van der Waals surface area contributed by atoms with E-state index in [1.54, 1.807) is 4.88 Å². The normalized spacial score (nSPS) is 32.5. The SMILES string of the molecule is CCCNC1CC(c2cc(Br)cs2)C1(C)CC. The molecule has 1 aliphatic rings. The predicted octanol–water partition coefficient (Wildman–Crippen LogP) is 4.78. The monoisotopic (exact) mass is 315 g/mol. The average Bonchev–Trinajstić information content (AvgIpc) is 2.73. The van der Waals surface area contributed by atoms with Crippen LogP contribution >= 0.6 is 27.3 Å². The van der Waals surface area contributed by atoms with Crippen molar-refractivity contribution in [1.29, 1.82) is 0 Å². The quantitative estimate of drug-likeness (QED) is 0.824. The van der Waals surface area contributed by atoms with Gasteiger partial charge in [0.1, 0.15) is 0 Å². The summed E-state index contributed by atoms with van der Waals surface area (Å²) in [4.78, 5) is 1.55. The lowest BCUT2D eigenvalue weighted by molar-refractivity contribution is 0.0465. The van der Waals surface area contributed by atoms with Gasteiger partial charge in [-0.05, 0) is 53.2 Å². The van der Waals surface area contributed by atoms with Crippen LogP contribution in [0.25, 0.3) is 0 Å². The molecule has 0 saturated heterocycles. The molecule has 1 N–H and O–H groups in total. The third-order valence-electron chi connectivity index (χ3n) is 4.40. The Morgan fingerprint density at radius 2 is 2.29 bits per heavy atom. The van der Waals surface area contributed by atoms with Crippen LogP contribution in [0, 0.1) is 5.41 Å². The third kappa shape index (κ3) is 2.47. The van der Waals surface area contributed by atoms with Crippen LogP contribution in [0.15, 0.2) is 15.9 Å². The van der Waals surface area contributed by atoms with Gasteiger partial charge in [0.05, 0.1) is 0 Å². The minimum atomic E-state index is 0.444. The molecule has 0 spiro atoms. The molecule has 1 saturated carbocycles. The van der Waals surface area contributed by atoms with Crippen molar-refractivity contribution in [2.24, 2.45) is 5.41 Å². The second kappa shape index (κ2) is 5.41. The molecular formula is C14H22BrNS. The number of nitrogens with one attached hydrogen (secondary N) is 1. The first-order valence-corrected chi connectivity index (χ1v) is 8.26. The number of thiophene rings is 1. The van der Waals surface area contributed by atoms with Crippen LogP contribution in [0.1, 0.15) is 50.8 Å². The Kier molecular flexibility index (Phi) is 4.32. The second-order valence-corrected chi connectivity index (χ2v) is 7.18. The van der Waals surface area contributed by atoms with Crippen LogP contribution in [0.4, 0.5) is 0 Å². The van der Waals surface area contributed by atoms with E-state index in [1.807, 2.05) is 11.3 Å². The Morgan fingerprint density at radius 1 is 1.53 bits per heavy atom. The van der Waals surface area contributed by atoms with Crippen molar-refractivity contribution in [1.82, 2.24) is 5.32 Å². The van der Waals surface area contributed by atoms with Crippen LogP contribution in [-0.4, -0.2) is 12.6 Å². The predicted molar refractivity (Wildman–Crippen MR) is 79.9 cm³/mol. The van der Waals surface area contributed by atoms with Crippen LogP contribution in [0.5, 0.6) is 0 Å². The van der Waals surface area contributed by atoms with Gasteiger partial charge in [0, 0.05) is 26.7 Å². The molecule has 1 heterocycles. The fraction of sp³-hybridized carbons (Fsp3) is 0.714. The Balaban J connectivity index is 2.07. The number of rotatable bonds is 5. The first kappa shape index (κ1) is 13.6. The number of hydrogen-bond acceptors (Lipinski definition) is 2. The maximum atomic E-state index is 3.71. The summed E-state index contributed by atoms with van der Waals surface area (Å²) >= 11 is 5.47. The van der Waals surface area contributed by atoms with E-state index in [-0.39, 0.29) is 0 Å². The van der Waals surface area contributed by atoms with Gasteiger partial charge in [0.15, 0.2) is 0 Å². The highest BCUT2D eigenvalue weighted by Gasteiger charge is 2.50. The zero-order valence-electron chi connectivity index (χ0n) is 10.9. The van der Waals surface area contributed by atoms with Crippen molar-refractivity contribution in [2.75, 3.05) is 6.54 Å². The molecule has 3 heteroatoms. The fourth-order valence-corrected chi connectivity index (χ4v) is 4.66. The minimum Gasteiger partial charge on any atom is -0.313 e. The van der Waals surface area contributed by atoms with Gasteiger partial charge in [-0.3, -0.25) is 0 Å². The van der Waals surface area contributed by atoms with Gasteiger partial charge in [-0.2, -0.15) is 0 Å². The molecule has 0 bridgehead atoms. The molecule has 3 unspecified atom stereocenters. The Morgan fingerprint density at radius 3 is 2.82 bits per heavy atom. The van der Waals surface area contributed by atoms with E-state index in [1.165, 1.54) is 23.7 Å². The highest BCUT2D eigenvalue weighted by atomic mass is 79.9. The lowest BCUT2D eigenvalue weighted by Crippen LogP contribution is -2.56. The lowest BCUT2D eigenvalue weighted by Gasteiger charge is -2.54. The molecule has 3 atom stereocenters. The first-order chi connectivity index (χ1) is 8.11. The van der Waals surface area contributed by atoms with Crippen molar-refractivity contribution in [3.63, 3.8) is 0 Å². The molecule has 1 fully saturated rings. The number of hydrogen-bond donors (Lipinski definition) is 1. The topological polar surface area (TPSA) is 12.0 Å². The van der Waals surface area contributed by atoms with E-state index in [0.717, 1.165) is 12.5 Å². The van der Waals surface area contributed by atoms with Gasteiger partial charge in [0.25, 0.3) is 0 Å². The number of halogens is 1. The van der Waals surface area contributed by atoms with E-state index in [2.05, 4.69) is 53.5 Å². The maximum Gasteiger partial charge on any atom is 0.0285 e. The summed E-state index contributed by atoms with van der Waals surface area (Å²) in [5.41, 5.74) is 0.444. The van der Waals surface area contributed by atoms with E-state index in [9.17, 15) is 0 Å². The van der Waals surface area contributed by atoms with Gasteiger partial charge < -0.3 is 5.32 Å². The highest BCUT2D eigenvalue weighted by molar-refractivity contribution is 9.10. The Labute approximate surface area is 117 Å². The first-order valence-electron chi connectivity index (χ1n) is 6.59. The van der Waals surface area contributed by atoms with Gasteiger partial charge in [-0.25, -0.2) is 0 Å². The summed E-state index contributed by atoms with van der Waals surface area (Å²) in [5, 5.41) is 5.92. The molecule has 0 radical (unpaired) electrons.